The van der Waals surface area contributed by atoms with E-state index in [1.54, 1.807) is 12.1 Å². The first kappa shape index (κ1) is 33.2. The molecule has 1 aliphatic rings. The molecule has 3 rings (SSSR count). The van der Waals surface area contributed by atoms with Crippen molar-refractivity contribution >= 4 is 17.1 Å². The molecular formula is C30H46N4O3S. The van der Waals surface area contributed by atoms with Crippen LogP contribution in [0.5, 0.6) is 0 Å². The van der Waals surface area contributed by atoms with Gasteiger partial charge in [0.05, 0.1) is 23.4 Å². The summed E-state index contributed by atoms with van der Waals surface area (Å²) in [7, 11) is 0. The molecule has 0 saturated heterocycles. The summed E-state index contributed by atoms with van der Waals surface area (Å²) in [5, 5.41) is 2.49. The van der Waals surface area contributed by atoms with Crippen LogP contribution in [0.25, 0.3) is 10.6 Å². The minimum Gasteiger partial charge on any atom is -0.379 e. The van der Waals surface area contributed by atoms with Crippen LogP contribution >= 0.6 is 11.3 Å². The molecule has 8 heteroatoms. The number of aromatic nitrogens is 2. The monoisotopic (exact) mass is 542 g/mol. The number of carbonyl (C=O) groups excluding carboxylic acids is 1. The van der Waals surface area contributed by atoms with E-state index in [0.717, 1.165) is 30.0 Å². The quantitative estimate of drug-likeness (QED) is 0.157. The summed E-state index contributed by atoms with van der Waals surface area (Å²) in [6, 6.07) is 1.47. The number of thiazole rings is 1. The summed E-state index contributed by atoms with van der Waals surface area (Å²) in [5.74, 6) is -0.105. The number of pyridine rings is 1. The highest BCUT2D eigenvalue weighted by molar-refractivity contribution is 7.13. The minimum atomic E-state index is -0.262. The third kappa shape index (κ3) is 10.9. The number of hydrogen-bond donors (Lipinski definition) is 3. The predicted molar refractivity (Wildman–Crippen MR) is 160 cm³/mol. The van der Waals surface area contributed by atoms with Crippen LogP contribution in [-0.2, 0) is 4.74 Å². The van der Waals surface area contributed by atoms with Crippen LogP contribution in [0.4, 0.5) is 0 Å². The molecule has 210 valence electrons. The predicted octanol–water partition coefficient (Wildman–Crippen LogP) is 7.27. The van der Waals surface area contributed by atoms with Crippen LogP contribution in [0.1, 0.15) is 103 Å². The van der Waals surface area contributed by atoms with Gasteiger partial charge in [-0.15, -0.1) is 11.3 Å². The van der Waals surface area contributed by atoms with Crippen molar-refractivity contribution in [1.29, 1.82) is 0 Å². The van der Waals surface area contributed by atoms with Crippen molar-refractivity contribution in [3.05, 3.63) is 75.3 Å². The van der Waals surface area contributed by atoms with E-state index < -0.39 is 0 Å². The highest BCUT2D eigenvalue weighted by Crippen LogP contribution is 2.31. The van der Waals surface area contributed by atoms with E-state index in [1.807, 2.05) is 24.5 Å². The summed E-state index contributed by atoms with van der Waals surface area (Å²) >= 11 is 1.37. The van der Waals surface area contributed by atoms with Crippen molar-refractivity contribution in [3.8, 4) is 10.6 Å². The van der Waals surface area contributed by atoms with Crippen molar-refractivity contribution in [2.45, 2.75) is 92.7 Å². The summed E-state index contributed by atoms with van der Waals surface area (Å²) in [6.45, 7) is 18.8. The SMILES string of the molecule is C=C/C=C\C1=C(C)NNC1c1csc(-c2cc(C(C)=O)c[nH]c2=O)n1.CCC.CCCCCOC(C)CC. The Balaban J connectivity index is 0.000000467. The van der Waals surface area contributed by atoms with Crippen LogP contribution in [-0.4, -0.2) is 28.5 Å². The maximum absolute atomic E-state index is 12.1. The van der Waals surface area contributed by atoms with Gasteiger partial charge in [0, 0.05) is 29.4 Å². The molecule has 2 unspecified atom stereocenters. The van der Waals surface area contributed by atoms with Crippen molar-refractivity contribution < 1.29 is 9.53 Å². The van der Waals surface area contributed by atoms with Gasteiger partial charge in [-0.2, -0.15) is 0 Å². The normalized spacial score (nSPS) is 15.3. The second-order valence-electron chi connectivity index (χ2n) is 9.15. The smallest absolute Gasteiger partial charge is 0.258 e. The first-order valence-electron chi connectivity index (χ1n) is 13.6. The van der Waals surface area contributed by atoms with E-state index in [-0.39, 0.29) is 17.4 Å². The summed E-state index contributed by atoms with van der Waals surface area (Å²) in [5.41, 5.74) is 9.76. The molecule has 0 bridgehead atoms. The molecule has 2 aromatic rings. The van der Waals surface area contributed by atoms with Gasteiger partial charge in [0.25, 0.3) is 5.56 Å². The molecule has 0 fully saturated rings. The van der Waals surface area contributed by atoms with Gasteiger partial charge in [-0.1, -0.05) is 71.8 Å². The fraction of sp³-hybridized carbons (Fsp3) is 0.500. The van der Waals surface area contributed by atoms with Crippen LogP contribution in [0.15, 0.2) is 58.5 Å². The zero-order valence-corrected chi connectivity index (χ0v) is 25.0. The Morgan fingerprint density at radius 3 is 2.58 bits per heavy atom. The number of carbonyl (C=O) groups is 1. The van der Waals surface area contributed by atoms with Gasteiger partial charge in [0.1, 0.15) is 5.01 Å². The Bertz CT molecular complexity index is 1120. The van der Waals surface area contributed by atoms with E-state index in [0.29, 0.717) is 22.2 Å². The summed E-state index contributed by atoms with van der Waals surface area (Å²) < 4.78 is 5.49. The molecule has 2 atom stereocenters. The number of nitrogens with one attached hydrogen (secondary N) is 3. The molecule has 0 amide bonds. The number of allylic oxidation sites excluding steroid dienone is 3. The molecule has 3 heterocycles. The Labute approximate surface area is 232 Å². The van der Waals surface area contributed by atoms with Crippen LogP contribution < -0.4 is 16.4 Å². The molecule has 1 aliphatic heterocycles. The number of ketones is 1. The van der Waals surface area contributed by atoms with E-state index >= 15 is 0 Å². The molecule has 3 N–H and O–H groups in total. The van der Waals surface area contributed by atoms with Crippen molar-refractivity contribution in [2.75, 3.05) is 6.61 Å². The van der Waals surface area contributed by atoms with Crippen LogP contribution in [0.2, 0.25) is 0 Å². The van der Waals surface area contributed by atoms with E-state index in [4.69, 9.17) is 4.74 Å². The lowest BCUT2D eigenvalue weighted by Crippen LogP contribution is -2.26. The maximum Gasteiger partial charge on any atom is 0.258 e. The molecule has 2 aromatic heterocycles. The average molecular weight is 543 g/mol. The lowest BCUT2D eigenvalue weighted by molar-refractivity contribution is 0.0610. The number of rotatable bonds is 11. The molecule has 0 aliphatic carbocycles. The van der Waals surface area contributed by atoms with Crippen LogP contribution in [0.3, 0.4) is 0 Å². The Hall–Kier alpha value is -2.81. The Kier molecular flexibility index (Phi) is 16.1. The van der Waals surface area contributed by atoms with Crippen molar-refractivity contribution in [1.82, 2.24) is 20.8 Å². The number of nitrogens with zero attached hydrogens (tertiary/aromatic N) is 1. The molecule has 38 heavy (non-hydrogen) atoms. The standard InChI is InChI=1S/C18H18N4O2S.C9H20O.C3H8/c1-4-5-6-13-10(2)21-22-16(13)15-9-25-18(20-15)14-7-12(11(3)23)8-19-17(14)24;1-4-6-7-8-10-9(3)5-2;1-3-2/h4-9,16,21-22H,1H2,2-3H3,(H,19,24);9H,4-8H2,1-3H3;3H2,1-2H3/b6-5-;;. The molecular weight excluding hydrogens is 496 g/mol. The summed E-state index contributed by atoms with van der Waals surface area (Å²) in [4.78, 5) is 30.9. The molecule has 7 nitrogen and oxygen atoms in total. The van der Waals surface area contributed by atoms with E-state index in [9.17, 15) is 9.59 Å². The molecule has 0 spiro atoms. The Morgan fingerprint density at radius 1 is 1.26 bits per heavy atom. The fourth-order valence-corrected chi connectivity index (χ4v) is 4.17. The zero-order valence-electron chi connectivity index (χ0n) is 24.1. The van der Waals surface area contributed by atoms with Gasteiger partial charge < -0.3 is 15.1 Å². The van der Waals surface area contributed by atoms with Crippen LogP contribution in [0, 0.1) is 0 Å². The molecule has 0 radical (unpaired) electrons. The molecule has 0 aromatic carbocycles. The summed E-state index contributed by atoms with van der Waals surface area (Å²) in [6.07, 6.45) is 13.6. The minimum absolute atomic E-state index is 0.105. The highest BCUT2D eigenvalue weighted by Gasteiger charge is 2.25. The lowest BCUT2D eigenvalue weighted by atomic mass is 10.0. The van der Waals surface area contributed by atoms with Gasteiger partial charge in [-0.05, 0) is 45.3 Å². The first-order valence-corrected chi connectivity index (χ1v) is 14.4. The van der Waals surface area contributed by atoms with Gasteiger partial charge >= 0.3 is 0 Å². The van der Waals surface area contributed by atoms with Crippen molar-refractivity contribution in [3.63, 3.8) is 0 Å². The maximum atomic E-state index is 12.1. The topological polar surface area (TPSA) is 96.1 Å². The third-order valence-corrected chi connectivity index (χ3v) is 6.54. The zero-order chi connectivity index (χ0) is 28.5. The van der Waals surface area contributed by atoms with Crippen molar-refractivity contribution in [2.24, 2.45) is 0 Å². The van der Waals surface area contributed by atoms with Gasteiger partial charge in [-0.25, -0.2) is 10.4 Å². The van der Waals surface area contributed by atoms with Gasteiger partial charge in [0.2, 0.25) is 0 Å². The van der Waals surface area contributed by atoms with E-state index in [2.05, 4.69) is 62.0 Å². The largest absolute Gasteiger partial charge is 0.379 e. The number of unbranched alkanes of at least 4 members (excludes halogenated alkanes) is 2. The third-order valence-electron chi connectivity index (χ3n) is 5.64. The average Bonchev–Trinajstić information content (AvgIpc) is 3.53. The number of hydrogen-bond acceptors (Lipinski definition) is 7. The number of ether oxygens (including phenoxy) is 1. The lowest BCUT2D eigenvalue weighted by Gasteiger charge is -2.09. The molecule has 0 saturated carbocycles. The number of H-pyrrole nitrogens is 1. The van der Waals surface area contributed by atoms with Gasteiger partial charge in [0.15, 0.2) is 5.78 Å². The second kappa shape index (κ2) is 18.4. The number of Topliss-reactive ketones (excluding diaryl/α,β-unsaturated/α-hetero) is 1. The Morgan fingerprint density at radius 2 is 1.97 bits per heavy atom. The number of hydrazine groups is 1. The fourth-order valence-electron chi connectivity index (χ4n) is 3.32. The van der Waals surface area contributed by atoms with E-state index in [1.165, 1.54) is 50.1 Å². The number of aromatic amines is 1. The second-order valence-corrected chi connectivity index (χ2v) is 10.0. The van der Waals surface area contributed by atoms with Gasteiger partial charge in [-0.3, -0.25) is 9.59 Å². The highest BCUT2D eigenvalue weighted by atomic mass is 32.1. The first-order chi connectivity index (χ1) is 18.2.